The number of hydrogen-bond donors (Lipinski definition) is 0. The van der Waals surface area contributed by atoms with E-state index in [1.807, 2.05) is 42.8 Å². The number of aromatic nitrogens is 3. The molecule has 4 aromatic rings. The molecule has 0 fully saturated rings. The number of pyridine rings is 1. The molecule has 2 aromatic carbocycles. The quantitative estimate of drug-likeness (QED) is 0.436. The highest BCUT2D eigenvalue weighted by atomic mass is 16.7. The summed E-state index contributed by atoms with van der Waals surface area (Å²) in [6.07, 6.45) is 6.13. The van der Waals surface area contributed by atoms with Crippen molar-refractivity contribution in [2.24, 2.45) is 0 Å². The molecular weight excluding hydrogens is 406 g/mol. The molecule has 0 spiro atoms. The molecule has 0 atom stereocenters. The van der Waals surface area contributed by atoms with Gasteiger partial charge in [-0.3, -0.25) is 9.59 Å². The van der Waals surface area contributed by atoms with Gasteiger partial charge in [-0.05, 0) is 49.6 Å². The van der Waals surface area contributed by atoms with E-state index in [1.165, 1.54) is 0 Å². The Hall–Kier alpha value is -3.87. The molecule has 0 radical (unpaired) electrons. The smallest absolute Gasteiger partial charge is 0.258 e. The van der Waals surface area contributed by atoms with Crippen LogP contribution in [0, 0.1) is 13.8 Å². The fourth-order valence-electron chi connectivity index (χ4n) is 4.72. The van der Waals surface area contributed by atoms with Gasteiger partial charge >= 0.3 is 0 Å². The van der Waals surface area contributed by atoms with E-state index < -0.39 is 0 Å². The minimum absolute atomic E-state index is 0.0780. The van der Waals surface area contributed by atoms with Crippen LogP contribution < -0.4 is 15.0 Å². The van der Waals surface area contributed by atoms with Crippen LogP contribution in [0.25, 0.3) is 22.0 Å². The Morgan fingerprint density at radius 2 is 1.66 bits per heavy atom. The summed E-state index contributed by atoms with van der Waals surface area (Å²) in [6.45, 7) is 5.34. The van der Waals surface area contributed by atoms with Crippen LogP contribution in [0.3, 0.4) is 0 Å². The van der Waals surface area contributed by atoms with E-state index >= 15 is 0 Å². The molecule has 0 N–H and O–H groups in total. The summed E-state index contributed by atoms with van der Waals surface area (Å²) in [5.74, 6) is 1.09. The zero-order valence-electron chi connectivity index (χ0n) is 17.8. The summed E-state index contributed by atoms with van der Waals surface area (Å²) in [5.41, 5.74) is 4.55. The maximum Gasteiger partial charge on any atom is 0.258 e. The van der Waals surface area contributed by atoms with E-state index in [2.05, 4.69) is 4.98 Å². The summed E-state index contributed by atoms with van der Waals surface area (Å²) in [4.78, 5) is 31.3. The van der Waals surface area contributed by atoms with Crippen molar-refractivity contribution in [1.29, 1.82) is 0 Å². The van der Waals surface area contributed by atoms with Gasteiger partial charge < -0.3 is 18.6 Å². The minimum Gasteiger partial charge on any atom is -0.454 e. The first-order valence-electron chi connectivity index (χ1n) is 10.6. The van der Waals surface area contributed by atoms with E-state index in [4.69, 9.17) is 9.47 Å². The van der Waals surface area contributed by atoms with Gasteiger partial charge in [-0.2, -0.15) is 0 Å². The molecule has 1 aliphatic heterocycles. The van der Waals surface area contributed by atoms with Crippen LogP contribution in [0.15, 0.2) is 47.8 Å². The van der Waals surface area contributed by atoms with Gasteiger partial charge in [0.2, 0.25) is 6.79 Å². The van der Waals surface area contributed by atoms with Gasteiger partial charge in [0, 0.05) is 47.4 Å². The number of carbonyl (C=O) groups is 1. The number of nitrogens with zero attached hydrogens (tertiary/aromatic N) is 3. The number of hydrogen-bond acceptors (Lipinski definition) is 5. The van der Waals surface area contributed by atoms with Crippen molar-refractivity contribution < 1.29 is 14.3 Å². The number of aryl methyl sites for hydroxylation is 3. The number of ketones is 1. The monoisotopic (exact) mass is 427 g/mol. The van der Waals surface area contributed by atoms with E-state index in [0.29, 0.717) is 45.6 Å². The van der Waals surface area contributed by atoms with Crippen molar-refractivity contribution in [2.75, 3.05) is 6.79 Å². The fraction of sp³-hybridized carbons (Fsp3) is 0.240. The summed E-state index contributed by atoms with van der Waals surface area (Å²) in [7, 11) is 0. The molecule has 0 bridgehead atoms. The van der Waals surface area contributed by atoms with Crippen LogP contribution in [0.5, 0.6) is 11.5 Å². The van der Waals surface area contributed by atoms with E-state index in [0.717, 1.165) is 29.7 Å². The number of imidazole rings is 1. The molecule has 0 saturated carbocycles. The number of ether oxygens (including phenoxy) is 2. The molecule has 2 aromatic heterocycles. The minimum atomic E-state index is -0.0788. The first-order valence-corrected chi connectivity index (χ1v) is 10.6. The first-order chi connectivity index (χ1) is 15.5. The van der Waals surface area contributed by atoms with Crippen molar-refractivity contribution in [3.05, 3.63) is 75.6 Å². The maximum atomic E-state index is 13.7. The van der Waals surface area contributed by atoms with Gasteiger partial charge in [0.25, 0.3) is 5.56 Å². The highest BCUT2D eigenvalue weighted by Gasteiger charge is 2.35. The normalized spacial score (nSPS) is 13.6. The summed E-state index contributed by atoms with van der Waals surface area (Å²) in [6, 6.07) is 7.45. The Kier molecular flexibility index (Phi) is 4.02. The second-order valence-corrected chi connectivity index (χ2v) is 8.40. The van der Waals surface area contributed by atoms with Crippen LogP contribution in [0.2, 0.25) is 0 Å². The standard InChI is InChI=1S/C25H21N3O4/c1-14-8-16-19(9-15(14)2)25(30)28(6-3-5-27-7-4-26-12-27)23-17-10-20-21(32-13-31-20)11-18(17)24(29)22(16)23/h4,7-12H,3,5-6,13H2,1-2H3. The third-order valence-corrected chi connectivity index (χ3v) is 6.48. The van der Waals surface area contributed by atoms with Gasteiger partial charge in [-0.25, -0.2) is 4.98 Å². The zero-order valence-corrected chi connectivity index (χ0v) is 17.8. The third-order valence-electron chi connectivity index (χ3n) is 6.48. The van der Waals surface area contributed by atoms with Crippen LogP contribution >= 0.6 is 0 Å². The van der Waals surface area contributed by atoms with Gasteiger partial charge in [0.05, 0.1) is 17.6 Å². The summed E-state index contributed by atoms with van der Waals surface area (Å²) >= 11 is 0. The number of fused-ring (bicyclic) bond motifs is 6. The average Bonchev–Trinajstić information content (AvgIpc) is 3.51. The lowest BCUT2D eigenvalue weighted by atomic mass is 9.98. The van der Waals surface area contributed by atoms with Crippen LogP contribution in [-0.4, -0.2) is 26.7 Å². The molecule has 3 heterocycles. The second kappa shape index (κ2) is 6.82. The van der Waals surface area contributed by atoms with E-state index in [9.17, 15) is 9.59 Å². The average molecular weight is 427 g/mol. The second-order valence-electron chi connectivity index (χ2n) is 8.40. The fourth-order valence-corrected chi connectivity index (χ4v) is 4.72. The molecule has 7 heteroatoms. The zero-order chi connectivity index (χ0) is 22.0. The summed E-state index contributed by atoms with van der Waals surface area (Å²) in [5, 5.41) is 1.29. The van der Waals surface area contributed by atoms with E-state index in [1.54, 1.807) is 23.2 Å². The van der Waals surface area contributed by atoms with Crippen molar-refractivity contribution >= 4 is 16.6 Å². The maximum absolute atomic E-state index is 13.7. The molecular formula is C25H21N3O4. The SMILES string of the molecule is Cc1cc2c3c(n(CCCn4ccnc4)c(=O)c2cc1C)-c1cc2c(cc1C3=O)OCO2. The predicted molar refractivity (Wildman–Crippen MR) is 120 cm³/mol. The Morgan fingerprint density at radius 3 is 2.38 bits per heavy atom. The topological polar surface area (TPSA) is 75.4 Å². The Morgan fingerprint density at radius 1 is 0.938 bits per heavy atom. The molecule has 1 aliphatic carbocycles. The van der Waals surface area contributed by atoms with Gasteiger partial charge in [-0.15, -0.1) is 0 Å². The van der Waals surface area contributed by atoms with Gasteiger partial charge in [-0.1, -0.05) is 6.07 Å². The highest BCUT2D eigenvalue weighted by molar-refractivity contribution is 6.27. The Labute approximate surface area is 183 Å². The first kappa shape index (κ1) is 18.9. The lowest BCUT2D eigenvalue weighted by Crippen LogP contribution is -2.24. The molecule has 0 amide bonds. The Balaban J connectivity index is 1.59. The van der Waals surface area contributed by atoms with Crippen LogP contribution in [0.1, 0.15) is 33.5 Å². The summed E-state index contributed by atoms with van der Waals surface area (Å²) < 4.78 is 14.8. The number of benzene rings is 2. The largest absolute Gasteiger partial charge is 0.454 e. The Bertz CT molecular complexity index is 1480. The lowest BCUT2D eigenvalue weighted by molar-refractivity contribution is 0.104. The number of rotatable bonds is 4. The molecule has 2 aliphatic rings. The third kappa shape index (κ3) is 2.64. The molecule has 0 unspecified atom stereocenters. The van der Waals surface area contributed by atoms with E-state index in [-0.39, 0.29) is 18.1 Å². The van der Waals surface area contributed by atoms with Crippen molar-refractivity contribution in [3.8, 4) is 22.8 Å². The van der Waals surface area contributed by atoms with Gasteiger partial charge in [0.15, 0.2) is 17.3 Å². The predicted octanol–water partition coefficient (Wildman–Crippen LogP) is 3.85. The molecule has 6 rings (SSSR count). The molecule has 32 heavy (non-hydrogen) atoms. The van der Waals surface area contributed by atoms with Crippen molar-refractivity contribution in [3.63, 3.8) is 0 Å². The van der Waals surface area contributed by atoms with Crippen LogP contribution in [0.4, 0.5) is 0 Å². The van der Waals surface area contributed by atoms with Crippen molar-refractivity contribution in [2.45, 2.75) is 33.4 Å². The van der Waals surface area contributed by atoms with Crippen molar-refractivity contribution in [1.82, 2.24) is 14.1 Å². The van der Waals surface area contributed by atoms with Crippen LogP contribution in [-0.2, 0) is 13.1 Å². The lowest BCUT2D eigenvalue weighted by Gasteiger charge is -2.16. The number of carbonyl (C=O) groups excluding carboxylic acids is 1. The highest BCUT2D eigenvalue weighted by Crippen LogP contribution is 2.46. The molecule has 160 valence electrons. The van der Waals surface area contributed by atoms with Gasteiger partial charge in [0.1, 0.15) is 0 Å². The molecule has 7 nitrogen and oxygen atoms in total. The molecule has 0 saturated heterocycles.